The highest BCUT2D eigenvalue weighted by Crippen LogP contribution is 2.39. The van der Waals surface area contributed by atoms with E-state index in [2.05, 4.69) is 4.90 Å². The van der Waals surface area contributed by atoms with Gasteiger partial charge in [-0.2, -0.15) is 0 Å². The minimum absolute atomic E-state index is 0.104. The molecule has 0 amide bonds. The van der Waals surface area contributed by atoms with Crippen molar-refractivity contribution >= 4 is 11.1 Å². The van der Waals surface area contributed by atoms with Crippen molar-refractivity contribution in [2.45, 2.75) is 6.92 Å². The summed E-state index contributed by atoms with van der Waals surface area (Å²) >= 11 is 0. The van der Waals surface area contributed by atoms with Gasteiger partial charge in [-0.1, -0.05) is 30.3 Å². The highest BCUT2D eigenvalue weighted by Gasteiger charge is 2.25. The molecule has 1 fully saturated rings. The van der Waals surface area contributed by atoms with Crippen LogP contribution in [-0.2, 0) is 0 Å². The number of para-hydroxylation sites is 1. The molecular weight excluding hydrogens is 455 g/mol. The van der Waals surface area contributed by atoms with E-state index in [9.17, 15) is 18.3 Å². The van der Waals surface area contributed by atoms with Crippen LogP contribution in [0.4, 0.5) is 13.2 Å². The van der Waals surface area contributed by atoms with E-state index in [1.807, 2.05) is 30.3 Å². The molecule has 2 aliphatic rings. The quantitative estimate of drug-likeness (QED) is 0.470. The number of likely N-dealkylation sites (tertiary alicyclic amines) is 1. The highest BCUT2D eigenvalue weighted by atomic mass is 19.2. The number of halogens is 3. The second-order valence-corrected chi connectivity index (χ2v) is 8.62. The van der Waals surface area contributed by atoms with Gasteiger partial charge in [0.05, 0.1) is 6.67 Å². The van der Waals surface area contributed by atoms with E-state index in [1.165, 1.54) is 18.2 Å². The second-order valence-electron chi connectivity index (χ2n) is 8.62. The number of benzene rings is 3. The standard InChI is InChI=1S/C16H12F2O2.C12H16FNO/c1-9-12-7-10(19)5-6-15(12)20-8-13(9)11-3-2-4-14(17)16(11)18;13-8-11-9-14(10-11)6-7-15-12-4-2-1-3-5-12/h2-7,19H,8H2,1H3;1-5,11H,6-10H2. The van der Waals surface area contributed by atoms with E-state index in [-0.39, 0.29) is 30.5 Å². The first-order chi connectivity index (χ1) is 17.0. The third-order valence-corrected chi connectivity index (χ3v) is 6.14. The summed E-state index contributed by atoms with van der Waals surface area (Å²) < 4.78 is 50.5. The van der Waals surface area contributed by atoms with Crippen molar-refractivity contribution in [2.75, 3.05) is 39.5 Å². The number of phenols is 1. The molecule has 2 heterocycles. The summed E-state index contributed by atoms with van der Waals surface area (Å²) in [5.74, 6) is 0.133. The van der Waals surface area contributed by atoms with Crippen molar-refractivity contribution in [1.29, 1.82) is 0 Å². The number of aromatic hydroxyl groups is 1. The SMILES string of the molecule is CC1=C(c2cccc(F)c2F)COc2ccc(O)cc21.FCC1CN(CCOc2ccccc2)C1. The molecule has 0 spiro atoms. The highest BCUT2D eigenvalue weighted by molar-refractivity contribution is 5.94. The molecule has 1 saturated heterocycles. The monoisotopic (exact) mass is 483 g/mol. The van der Waals surface area contributed by atoms with Gasteiger partial charge in [0.2, 0.25) is 0 Å². The van der Waals surface area contributed by atoms with Gasteiger partial charge in [-0.05, 0) is 48.9 Å². The van der Waals surface area contributed by atoms with Gasteiger partial charge in [-0.15, -0.1) is 0 Å². The lowest BCUT2D eigenvalue weighted by Crippen LogP contribution is -2.49. The van der Waals surface area contributed by atoms with Crippen molar-refractivity contribution in [1.82, 2.24) is 4.90 Å². The Labute approximate surface area is 203 Å². The fraction of sp³-hybridized carbons (Fsp3) is 0.286. The number of alkyl halides is 1. The molecule has 4 nitrogen and oxygen atoms in total. The van der Waals surface area contributed by atoms with Gasteiger partial charge in [-0.3, -0.25) is 9.29 Å². The molecule has 0 aromatic heterocycles. The molecule has 1 N–H and O–H groups in total. The maximum atomic E-state index is 13.9. The van der Waals surface area contributed by atoms with Crippen LogP contribution in [0, 0.1) is 17.6 Å². The van der Waals surface area contributed by atoms with E-state index < -0.39 is 11.6 Å². The van der Waals surface area contributed by atoms with E-state index in [4.69, 9.17) is 9.47 Å². The smallest absolute Gasteiger partial charge is 0.166 e. The molecule has 0 radical (unpaired) electrons. The first-order valence-corrected chi connectivity index (χ1v) is 11.5. The molecule has 0 atom stereocenters. The Morgan fingerprint density at radius 3 is 2.51 bits per heavy atom. The fourth-order valence-corrected chi connectivity index (χ4v) is 4.14. The van der Waals surface area contributed by atoms with Gasteiger partial charge in [0.15, 0.2) is 11.6 Å². The van der Waals surface area contributed by atoms with Crippen LogP contribution in [0.5, 0.6) is 17.2 Å². The van der Waals surface area contributed by atoms with Crippen LogP contribution in [-0.4, -0.2) is 49.5 Å². The van der Waals surface area contributed by atoms with Crippen LogP contribution in [0.3, 0.4) is 0 Å². The third kappa shape index (κ3) is 5.98. The summed E-state index contributed by atoms with van der Waals surface area (Å²) in [5, 5.41) is 9.55. The first-order valence-electron chi connectivity index (χ1n) is 11.5. The minimum atomic E-state index is -0.885. The van der Waals surface area contributed by atoms with E-state index in [1.54, 1.807) is 19.1 Å². The molecule has 3 aromatic carbocycles. The number of fused-ring (bicyclic) bond motifs is 1. The summed E-state index contributed by atoms with van der Waals surface area (Å²) in [6, 6.07) is 18.6. The second kappa shape index (κ2) is 11.3. The summed E-state index contributed by atoms with van der Waals surface area (Å²) in [6.07, 6.45) is 0. The summed E-state index contributed by atoms with van der Waals surface area (Å²) in [6.45, 7) is 5.14. The first kappa shape index (κ1) is 24.7. The molecule has 0 aliphatic carbocycles. The molecule has 2 aliphatic heterocycles. The third-order valence-electron chi connectivity index (χ3n) is 6.14. The Hall–Kier alpha value is -3.45. The van der Waals surface area contributed by atoms with E-state index in [0.717, 1.165) is 37.0 Å². The molecule has 0 unspecified atom stereocenters. The average molecular weight is 484 g/mol. The number of rotatable bonds is 6. The molecule has 0 saturated carbocycles. The molecule has 3 aromatic rings. The predicted octanol–water partition coefficient (Wildman–Crippen LogP) is 5.96. The van der Waals surface area contributed by atoms with Crippen LogP contribution in [0.25, 0.3) is 11.1 Å². The van der Waals surface area contributed by atoms with Crippen LogP contribution in [0.1, 0.15) is 18.1 Å². The molecule has 7 heteroatoms. The van der Waals surface area contributed by atoms with Gasteiger partial charge < -0.3 is 14.6 Å². The zero-order chi connectivity index (χ0) is 24.8. The predicted molar refractivity (Wildman–Crippen MR) is 130 cm³/mol. The Kier molecular flexibility index (Phi) is 7.98. The van der Waals surface area contributed by atoms with Crippen LogP contribution in [0.2, 0.25) is 0 Å². The van der Waals surface area contributed by atoms with E-state index in [0.29, 0.717) is 23.5 Å². The largest absolute Gasteiger partial charge is 0.508 e. The normalized spacial score (nSPS) is 15.4. The lowest BCUT2D eigenvalue weighted by atomic mass is 9.93. The van der Waals surface area contributed by atoms with Crippen LogP contribution < -0.4 is 9.47 Å². The Morgan fingerprint density at radius 2 is 1.77 bits per heavy atom. The average Bonchev–Trinajstić information content (AvgIpc) is 2.84. The molecule has 0 bridgehead atoms. The zero-order valence-corrected chi connectivity index (χ0v) is 19.5. The number of hydrogen-bond donors (Lipinski definition) is 1. The molecule has 5 rings (SSSR count). The van der Waals surface area contributed by atoms with Gasteiger partial charge in [0, 0.05) is 42.3 Å². The van der Waals surface area contributed by atoms with Gasteiger partial charge in [0.25, 0.3) is 0 Å². The lowest BCUT2D eigenvalue weighted by Gasteiger charge is -2.37. The van der Waals surface area contributed by atoms with E-state index >= 15 is 0 Å². The van der Waals surface area contributed by atoms with Gasteiger partial charge in [-0.25, -0.2) is 8.78 Å². The molecule has 184 valence electrons. The maximum Gasteiger partial charge on any atom is 0.166 e. The number of phenolic OH excluding ortho intramolecular Hbond substituents is 1. The topological polar surface area (TPSA) is 41.9 Å². The summed E-state index contributed by atoms with van der Waals surface area (Å²) in [7, 11) is 0. The number of nitrogens with zero attached hydrogens (tertiary/aromatic N) is 1. The summed E-state index contributed by atoms with van der Waals surface area (Å²) in [5.41, 5.74) is 2.23. The molecule has 35 heavy (non-hydrogen) atoms. The lowest BCUT2D eigenvalue weighted by molar-refractivity contribution is 0.0668. The Morgan fingerprint density at radius 1 is 1.00 bits per heavy atom. The number of allylic oxidation sites excluding steroid dienone is 1. The van der Waals surface area contributed by atoms with Crippen molar-refractivity contribution in [2.24, 2.45) is 5.92 Å². The zero-order valence-electron chi connectivity index (χ0n) is 19.5. The maximum absolute atomic E-state index is 13.9. The van der Waals surface area contributed by atoms with Crippen molar-refractivity contribution in [3.05, 3.63) is 89.5 Å². The number of ether oxygens (including phenoxy) is 2. The van der Waals surface area contributed by atoms with Crippen molar-refractivity contribution in [3.8, 4) is 17.2 Å². The van der Waals surface area contributed by atoms with Gasteiger partial charge in [0.1, 0.15) is 30.5 Å². The number of hydrogen-bond acceptors (Lipinski definition) is 4. The fourth-order valence-electron chi connectivity index (χ4n) is 4.14. The Bertz CT molecular complexity index is 1180. The van der Waals surface area contributed by atoms with Crippen LogP contribution >= 0.6 is 0 Å². The minimum Gasteiger partial charge on any atom is -0.508 e. The molecular formula is C28H28F3NO3. The van der Waals surface area contributed by atoms with Crippen LogP contribution in [0.15, 0.2) is 66.7 Å². The Balaban J connectivity index is 0.000000172. The van der Waals surface area contributed by atoms with Gasteiger partial charge >= 0.3 is 0 Å². The van der Waals surface area contributed by atoms with Crippen molar-refractivity contribution < 1.29 is 27.8 Å². The summed E-state index contributed by atoms with van der Waals surface area (Å²) in [4.78, 5) is 2.22. The van der Waals surface area contributed by atoms with Crippen molar-refractivity contribution in [3.63, 3.8) is 0 Å².